The van der Waals surface area contributed by atoms with E-state index in [4.69, 9.17) is 9.47 Å². The van der Waals surface area contributed by atoms with Crippen LogP contribution in [0.5, 0.6) is 5.75 Å². The summed E-state index contributed by atoms with van der Waals surface area (Å²) in [5.74, 6) is 0.216. The molecule has 0 radical (unpaired) electrons. The molecule has 3 aliphatic rings. The van der Waals surface area contributed by atoms with Gasteiger partial charge in [-0.2, -0.15) is 0 Å². The van der Waals surface area contributed by atoms with E-state index in [1.54, 1.807) is 18.5 Å². The molecule has 1 aromatic carbocycles. The lowest BCUT2D eigenvalue weighted by Crippen LogP contribution is -2.39. The Labute approximate surface area is 203 Å². The molecule has 1 spiro atoms. The number of pyridine rings is 1. The zero-order valence-corrected chi connectivity index (χ0v) is 19.7. The van der Waals surface area contributed by atoms with Gasteiger partial charge in [-0.05, 0) is 50.3 Å². The molecular formula is C27H29FN4O3. The van der Waals surface area contributed by atoms with E-state index in [1.165, 1.54) is 6.07 Å². The lowest BCUT2D eigenvalue weighted by Gasteiger charge is -2.23. The highest BCUT2D eigenvalue weighted by molar-refractivity contribution is 6.07. The van der Waals surface area contributed by atoms with Crippen LogP contribution in [0.3, 0.4) is 0 Å². The van der Waals surface area contributed by atoms with Gasteiger partial charge in [0, 0.05) is 47.3 Å². The maximum atomic E-state index is 14.6. The topological polar surface area (TPSA) is 88.3 Å². The number of hydrogen-bond acceptors (Lipinski definition) is 5. The van der Waals surface area contributed by atoms with Crippen molar-refractivity contribution in [3.8, 4) is 17.0 Å². The Morgan fingerprint density at radius 2 is 2.20 bits per heavy atom. The van der Waals surface area contributed by atoms with Crippen molar-refractivity contribution in [2.24, 2.45) is 0 Å². The third-order valence-corrected chi connectivity index (χ3v) is 7.43. The number of rotatable bonds is 7. The van der Waals surface area contributed by atoms with E-state index < -0.39 is 0 Å². The molecule has 2 aromatic heterocycles. The van der Waals surface area contributed by atoms with E-state index >= 15 is 0 Å². The second kappa shape index (κ2) is 8.68. The summed E-state index contributed by atoms with van der Waals surface area (Å²) in [6.07, 6.45) is 8.04. The van der Waals surface area contributed by atoms with Crippen LogP contribution in [-0.2, 0) is 16.6 Å². The third-order valence-electron chi connectivity index (χ3n) is 7.43. The molecule has 2 fully saturated rings. The molecule has 4 heterocycles. The number of H-pyrrole nitrogens is 1. The normalized spacial score (nSPS) is 19.9. The van der Waals surface area contributed by atoms with Crippen LogP contribution in [-0.4, -0.2) is 41.7 Å². The number of amides is 1. The molecule has 182 valence electrons. The van der Waals surface area contributed by atoms with E-state index in [2.05, 4.69) is 20.6 Å². The first kappa shape index (κ1) is 22.1. The van der Waals surface area contributed by atoms with Crippen LogP contribution >= 0.6 is 0 Å². The Morgan fingerprint density at radius 1 is 1.31 bits per heavy atom. The Kier molecular flexibility index (Phi) is 5.48. The van der Waals surface area contributed by atoms with Crippen LogP contribution in [0.15, 0.2) is 36.7 Å². The van der Waals surface area contributed by atoms with Crippen LogP contribution in [0.4, 0.5) is 15.8 Å². The number of carbonyl (C=O) groups excluding carboxylic acids is 1. The summed E-state index contributed by atoms with van der Waals surface area (Å²) in [6.45, 7) is 3.74. The number of anilines is 2. The number of carbonyl (C=O) groups is 1. The second-order valence-electron chi connectivity index (χ2n) is 9.65. The summed E-state index contributed by atoms with van der Waals surface area (Å²) >= 11 is 0. The molecule has 1 unspecified atom stereocenters. The van der Waals surface area contributed by atoms with Crippen molar-refractivity contribution in [1.82, 2.24) is 15.3 Å². The summed E-state index contributed by atoms with van der Waals surface area (Å²) in [5, 5.41) is 6.49. The first-order chi connectivity index (χ1) is 17.1. The van der Waals surface area contributed by atoms with Gasteiger partial charge in [-0.3, -0.25) is 9.78 Å². The average Bonchev–Trinajstić information content (AvgIpc) is 3.26. The Balaban J connectivity index is 1.47. The summed E-state index contributed by atoms with van der Waals surface area (Å²) in [7, 11) is 0. The van der Waals surface area contributed by atoms with Crippen molar-refractivity contribution >= 4 is 17.3 Å². The van der Waals surface area contributed by atoms with Gasteiger partial charge < -0.3 is 25.1 Å². The van der Waals surface area contributed by atoms with Crippen molar-refractivity contribution in [1.29, 1.82) is 0 Å². The number of fused-ring (bicyclic) bond motifs is 2. The molecule has 1 atom stereocenters. The highest BCUT2D eigenvalue weighted by atomic mass is 19.1. The Hall–Kier alpha value is -3.39. The van der Waals surface area contributed by atoms with E-state index in [0.717, 1.165) is 49.2 Å². The van der Waals surface area contributed by atoms with Crippen LogP contribution in [0.25, 0.3) is 11.3 Å². The maximum Gasteiger partial charge on any atom is 0.255 e. The third kappa shape index (κ3) is 3.86. The highest BCUT2D eigenvalue weighted by Gasteiger charge is 2.51. The maximum absolute atomic E-state index is 14.6. The molecule has 3 N–H and O–H groups in total. The van der Waals surface area contributed by atoms with Gasteiger partial charge in [0.25, 0.3) is 5.91 Å². The molecule has 35 heavy (non-hydrogen) atoms. The molecule has 2 aliphatic heterocycles. The van der Waals surface area contributed by atoms with Crippen molar-refractivity contribution in [2.45, 2.75) is 50.5 Å². The zero-order chi connectivity index (χ0) is 24.0. The minimum Gasteiger partial charge on any atom is -0.489 e. The number of aromatic amines is 1. The minimum absolute atomic E-state index is 0.0671. The molecule has 1 saturated carbocycles. The van der Waals surface area contributed by atoms with E-state index in [1.807, 2.05) is 19.1 Å². The molecule has 7 nitrogen and oxygen atoms in total. The molecule has 0 bridgehead atoms. The Morgan fingerprint density at radius 3 is 2.97 bits per heavy atom. The summed E-state index contributed by atoms with van der Waals surface area (Å²) in [4.78, 5) is 21.0. The van der Waals surface area contributed by atoms with Gasteiger partial charge in [0.05, 0.1) is 29.2 Å². The van der Waals surface area contributed by atoms with Crippen molar-refractivity contribution < 1.29 is 18.7 Å². The molecule has 1 aliphatic carbocycles. The van der Waals surface area contributed by atoms with Crippen molar-refractivity contribution in [2.75, 3.05) is 25.1 Å². The predicted octanol–water partition coefficient (Wildman–Crippen LogP) is 4.85. The summed E-state index contributed by atoms with van der Waals surface area (Å²) in [5.41, 5.74) is 4.87. The fourth-order valence-corrected chi connectivity index (χ4v) is 5.29. The van der Waals surface area contributed by atoms with Gasteiger partial charge >= 0.3 is 0 Å². The molecule has 3 aromatic rings. The second-order valence-corrected chi connectivity index (χ2v) is 9.65. The van der Waals surface area contributed by atoms with Crippen LogP contribution in [0.2, 0.25) is 0 Å². The smallest absolute Gasteiger partial charge is 0.255 e. The van der Waals surface area contributed by atoms with Crippen LogP contribution in [0.1, 0.15) is 54.2 Å². The van der Waals surface area contributed by atoms with Gasteiger partial charge in [0.15, 0.2) is 0 Å². The standard InChI is InChI=1S/C27H29FN4O3/c1-2-17-19(28)6-3-7-20(17)31-24-22-25(27(9-10-27)15-30-26(22)33)32-23(24)18-8-11-29-13-21(18)35-14-16-5-4-12-34-16/h3,6-8,11,13,16,31-32H,2,4-5,9-10,12,14-15H2,1H3,(H,30,33). The van der Waals surface area contributed by atoms with Gasteiger partial charge in [0.2, 0.25) is 0 Å². The Bertz CT molecular complexity index is 1280. The van der Waals surface area contributed by atoms with E-state index in [-0.39, 0.29) is 23.2 Å². The van der Waals surface area contributed by atoms with E-state index in [0.29, 0.717) is 47.8 Å². The van der Waals surface area contributed by atoms with Gasteiger partial charge in [-0.15, -0.1) is 0 Å². The first-order valence-corrected chi connectivity index (χ1v) is 12.4. The number of hydrogen-bond donors (Lipinski definition) is 3. The number of halogens is 1. The number of aromatic nitrogens is 2. The SMILES string of the molecule is CCc1c(F)cccc1Nc1c(-c2ccncc2OCC2CCCO2)[nH]c2c1C(=O)NCC21CC1. The molecule has 6 rings (SSSR count). The summed E-state index contributed by atoms with van der Waals surface area (Å²) in [6, 6.07) is 6.88. The zero-order valence-electron chi connectivity index (χ0n) is 19.7. The van der Waals surface area contributed by atoms with Gasteiger partial charge in [-0.25, -0.2) is 4.39 Å². The quantitative estimate of drug-likeness (QED) is 0.454. The highest BCUT2D eigenvalue weighted by Crippen LogP contribution is 2.54. The molecule has 8 heteroatoms. The lowest BCUT2D eigenvalue weighted by molar-refractivity contribution is 0.0680. The monoisotopic (exact) mass is 476 g/mol. The van der Waals surface area contributed by atoms with E-state index in [9.17, 15) is 9.18 Å². The minimum atomic E-state index is -0.268. The largest absolute Gasteiger partial charge is 0.489 e. The summed E-state index contributed by atoms with van der Waals surface area (Å²) < 4.78 is 26.5. The van der Waals surface area contributed by atoms with Crippen molar-refractivity contribution in [3.63, 3.8) is 0 Å². The number of ether oxygens (including phenoxy) is 2. The first-order valence-electron chi connectivity index (χ1n) is 12.4. The van der Waals surface area contributed by atoms with Crippen LogP contribution < -0.4 is 15.4 Å². The van der Waals surface area contributed by atoms with Crippen molar-refractivity contribution in [3.05, 3.63) is 59.3 Å². The number of nitrogens with one attached hydrogen (secondary N) is 3. The fraction of sp³-hybridized carbons (Fsp3) is 0.407. The average molecular weight is 477 g/mol. The van der Waals surface area contributed by atoms with Gasteiger partial charge in [-0.1, -0.05) is 13.0 Å². The molecule has 1 saturated heterocycles. The van der Waals surface area contributed by atoms with Crippen LogP contribution in [0, 0.1) is 5.82 Å². The molecular weight excluding hydrogens is 447 g/mol. The lowest BCUT2D eigenvalue weighted by atomic mass is 9.93. The fourth-order valence-electron chi connectivity index (χ4n) is 5.29. The number of nitrogens with zero attached hydrogens (tertiary/aromatic N) is 1. The molecule has 1 amide bonds. The predicted molar refractivity (Wildman–Crippen MR) is 131 cm³/mol. The van der Waals surface area contributed by atoms with Gasteiger partial charge in [0.1, 0.15) is 18.2 Å². The number of benzene rings is 1.